The molecule has 0 atom stereocenters. The molecule has 108 valence electrons. The fourth-order valence-corrected chi connectivity index (χ4v) is 2.73. The summed E-state index contributed by atoms with van der Waals surface area (Å²) in [5, 5.41) is 1.82. The second kappa shape index (κ2) is 5.70. The van der Waals surface area contributed by atoms with E-state index in [4.69, 9.17) is 22.1 Å². The van der Waals surface area contributed by atoms with Crippen molar-refractivity contribution in [1.82, 2.24) is 4.57 Å². The van der Waals surface area contributed by atoms with Gasteiger partial charge in [-0.05, 0) is 49.4 Å². The molecular weight excluding hydrogens is 284 g/mol. The van der Waals surface area contributed by atoms with E-state index in [2.05, 4.69) is 23.6 Å². The summed E-state index contributed by atoms with van der Waals surface area (Å²) >= 11 is 5.97. The van der Waals surface area contributed by atoms with Crippen molar-refractivity contribution in [1.29, 1.82) is 0 Å². The summed E-state index contributed by atoms with van der Waals surface area (Å²) in [7, 11) is 0. The van der Waals surface area contributed by atoms with E-state index in [1.807, 2.05) is 36.4 Å². The van der Waals surface area contributed by atoms with E-state index in [1.54, 1.807) is 0 Å². The maximum absolute atomic E-state index is 5.97. The van der Waals surface area contributed by atoms with Crippen LogP contribution in [0.2, 0.25) is 5.02 Å². The van der Waals surface area contributed by atoms with Crippen LogP contribution in [0.3, 0.4) is 0 Å². The maximum Gasteiger partial charge on any atom is 0.128 e. The molecular formula is C17H17ClN2O. The first kappa shape index (κ1) is 13.8. The predicted octanol–water partition coefficient (Wildman–Crippen LogP) is 4.48. The van der Waals surface area contributed by atoms with Crippen molar-refractivity contribution in [2.75, 3.05) is 5.73 Å². The molecule has 0 bridgehead atoms. The van der Waals surface area contributed by atoms with Crippen LogP contribution in [-0.2, 0) is 13.2 Å². The second-order valence-electron chi connectivity index (χ2n) is 4.94. The third kappa shape index (κ3) is 2.83. The van der Waals surface area contributed by atoms with Crippen molar-refractivity contribution in [3.8, 4) is 5.75 Å². The zero-order chi connectivity index (χ0) is 14.8. The summed E-state index contributed by atoms with van der Waals surface area (Å²) in [6.45, 7) is 3.52. The smallest absolute Gasteiger partial charge is 0.128 e. The molecule has 4 heteroatoms. The summed E-state index contributed by atoms with van der Waals surface area (Å²) in [5.41, 5.74) is 8.93. The third-order valence-corrected chi connectivity index (χ3v) is 3.75. The van der Waals surface area contributed by atoms with Crippen molar-refractivity contribution in [3.63, 3.8) is 0 Å². The molecule has 2 N–H and O–H groups in total. The highest BCUT2D eigenvalue weighted by molar-refractivity contribution is 6.30. The van der Waals surface area contributed by atoms with Crippen LogP contribution in [0.25, 0.3) is 10.9 Å². The Morgan fingerprint density at radius 3 is 2.76 bits per heavy atom. The lowest BCUT2D eigenvalue weighted by Gasteiger charge is -2.10. The van der Waals surface area contributed by atoms with Gasteiger partial charge in [0.25, 0.3) is 0 Å². The zero-order valence-electron chi connectivity index (χ0n) is 11.8. The van der Waals surface area contributed by atoms with Gasteiger partial charge < -0.3 is 15.0 Å². The molecule has 0 unspecified atom stereocenters. The highest BCUT2D eigenvalue weighted by atomic mass is 35.5. The molecule has 21 heavy (non-hydrogen) atoms. The molecule has 0 aliphatic carbocycles. The van der Waals surface area contributed by atoms with Crippen molar-refractivity contribution in [2.45, 2.75) is 20.1 Å². The van der Waals surface area contributed by atoms with E-state index in [-0.39, 0.29) is 0 Å². The fourth-order valence-electron chi connectivity index (χ4n) is 2.55. The topological polar surface area (TPSA) is 40.2 Å². The Morgan fingerprint density at radius 1 is 1.14 bits per heavy atom. The SMILES string of the molecule is CCn1c(COc2cccc(Cl)c2)cc2cc(N)ccc21. The number of nitrogen functional groups attached to an aromatic ring is 1. The van der Waals surface area contributed by atoms with Gasteiger partial charge >= 0.3 is 0 Å². The summed E-state index contributed by atoms with van der Waals surface area (Å²) in [6, 6.07) is 15.5. The average molecular weight is 301 g/mol. The van der Waals surface area contributed by atoms with E-state index in [0.717, 1.165) is 29.1 Å². The number of benzene rings is 2. The number of hydrogen-bond acceptors (Lipinski definition) is 2. The highest BCUT2D eigenvalue weighted by Gasteiger charge is 2.08. The van der Waals surface area contributed by atoms with Crippen molar-refractivity contribution in [2.24, 2.45) is 0 Å². The lowest BCUT2D eigenvalue weighted by molar-refractivity contribution is 0.296. The minimum absolute atomic E-state index is 0.503. The van der Waals surface area contributed by atoms with Crippen molar-refractivity contribution < 1.29 is 4.74 Å². The Labute approximate surface area is 128 Å². The molecule has 0 fully saturated rings. The van der Waals surface area contributed by atoms with Gasteiger partial charge in [-0.3, -0.25) is 0 Å². The number of halogens is 1. The van der Waals surface area contributed by atoms with E-state index < -0.39 is 0 Å². The molecule has 3 nitrogen and oxygen atoms in total. The number of rotatable bonds is 4. The monoisotopic (exact) mass is 300 g/mol. The molecule has 1 heterocycles. The van der Waals surface area contributed by atoms with E-state index in [0.29, 0.717) is 11.6 Å². The number of ether oxygens (including phenoxy) is 1. The van der Waals surface area contributed by atoms with Crippen LogP contribution in [0.15, 0.2) is 48.5 Å². The van der Waals surface area contributed by atoms with Crippen LogP contribution < -0.4 is 10.5 Å². The number of nitrogens with two attached hydrogens (primary N) is 1. The van der Waals surface area contributed by atoms with Gasteiger partial charge in [0.1, 0.15) is 12.4 Å². The molecule has 0 saturated heterocycles. The first-order chi connectivity index (χ1) is 10.2. The van der Waals surface area contributed by atoms with Crippen molar-refractivity contribution >= 4 is 28.2 Å². The van der Waals surface area contributed by atoms with Gasteiger partial charge in [0.2, 0.25) is 0 Å². The van der Waals surface area contributed by atoms with Gasteiger partial charge in [-0.2, -0.15) is 0 Å². The summed E-state index contributed by atoms with van der Waals surface area (Å²) < 4.78 is 8.07. The number of aromatic nitrogens is 1. The summed E-state index contributed by atoms with van der Waals surface area (Å²) in [6.07, 6.45) is 0. The Morgan fingerprint density at radius 2 is 2.00 bits per heavy atom. The molecule has 3 rings (SSSR count). The van der Waals surface area contributed by atoms with Crippen molar-refractivity contribution in [3.05, 3.63) is 59.2 Å². The van der Waals surface area contributed by atoms with Crippen LogP contribution >= 0.6 is 11.6 Å². The van der Waals surface area contributed by atoms with Gasteiger partial charge in [-0.15, -0.1) is 0 Å². The standard InChI is InChI=1S/C17H17ClN2O/c1-2-20-15(9-12-8-14(19)6-7-17(12)20)11-21-16-5-3-4-13(18)10-16/h3-10H,2,11,19H2,1H3. The number of anilines is 1. The fraction of sp³-hybridized carbons (Fsp3) is 0.176. The normalized spacial score (nSPS) is 11.0. The second-order valence-corrected chi connectivity index (χ2v) is 5.38. The van der Waals surface area contributed by atoms with Crippen LogP contribution in [0, 0.1) is 0 Å². The van der Waals surface area contributed by atoms with Gasteiger partial charge in [0.15, 0.2) is 0 Å². The first-order valence-electron chi connectivity index (χ1n) is 6.93. The highest BCUT2D eigenvalue weighted by Crippen LogP contribution is 2.24. The van der Waals surface area contributed by atoms with E-state index >= 15 is 0 Å². The number of nitrogens with zero attached hydrogens (tertiary/aromatic N) is 1. The first-order valence-corrected chi connectivity index (χ1v) is 7.31. The molecule has 0 aliphatic heterocycles. The van der Waals surface area contributed by atoms with Gasteiger partial charge in [-0.25, -0.2) is 0 Å². The van der Waals surface area contributed by atoms with Gasteiger partial charge in [-0.1, -0.05) is 17.7 Å². The third-order valence-electron chi connectivity index (χ3n) is 3.51. The zero-order valence-corrected chi connectivity index (χ0v) is 12.6. The maximum atomic E-state index is 5.97. The van der Waals surface area contributed by atoms with E-state index in [9.17, 15) is 0 Å². The molecule has 0 amide bonds. The Hall–Kier alpha value is -2.13. The summed E-state index contributed by atoms with van der Waals surface area (Å²) in [4.78, 5) is 0. The predicted molar refractivity (Wildman–Crippen MR) is 87.8 cm³/mol. The number of aryl methyl sites for hydroxylation is 1. The van der Waals surface area contributed by atoms with Gasteiger partial charge in [0.05, 0.1) is 5.69 Å². The molecule has 0 saturated carbocycles. The molecule has 0 radical (unpaired) electrons. The Kier molecular flexibility index (Phi) is 3.76. The quantitative estimate of drug-likeness (QED) is 0.722. The minimum atomic E-state index is 0.503. The largest absolute Gasteiger partial charge is 0.487 e. The number of fused-ring (bicyclic) bond motifs is 1. The molecule has 3 aromatic rings. The minimum Gasteiger partial charge on any atom is -0.487 e. The van der Waals surface area contributed by atoms with Crippen LogP contribution in [-0.4, -0.2) is 4.57 Å². The number of hydrogen-bond donors (Lipinski definition) is 1. The van der Waals surface area contributed by atoms with E-state index in [1.165, 1.54) is 5.52 Å². The lowest BCUT2D eigenvalue weighted by Crippen LogP contribution is -2.04. The van der Waals surface area contributed by atoms with Crippen LogP contribution in [0.4, 0.5) is 5.69 Å². The Balaban J connectivity index is 1.89. The molecule has 0 spiro atoms. The van der Waals surface area contributed by atoms with Crippen LogP contribution in [0.1, 0.15) is 12.6 Å². The lowest BCUT2D eigenvalue weighted by atomic mass is 10.2. The van der Waals surface area contributed by atoms with Crippen LogP contribution in [0.5, 0.6) is 5.75 Å². The molecule has 2 aromatic carbocycles. The molecule has 1 aromatic heterocycles. The summed E-state index contributed by atoms with van der Waals surface area (Å²) in [5.74, 6) is 0.773. The molecule has 0 aliphatic rings. The Bertz CT molecular complexity index is 780. The van der Waals surface area contributed by atoms with Gasteiger partial charge in [0, 0.05) is 28.2 Å². The average Bonchev–Trinajstić information content (AvgIpc) is 2.81.